The Kier molecular flexibility index (Phi) is 4.49. The Morgan fingerprint density at radius 2 is 1.83 bits per heavy atom. The van der Waals surface area contributed by atoms with E-state index in [4.69, 9.17) is 0 Å². The minimum Gasteiger partial charge on any atom is -0.388 e. The Morgan fingerprint density at radius 3 is 2.28 bits per heavy atom. The summed E-state index contributed by atoms with van der Waals surface area (Å²) in [6.07, 6.45) is 5.52. The van der Waals surface area contributed by atoms with Crippen molar-refractivity contribution in [2.75, 3.05) is 0 Å². The molecule has 2 nitrogen and oxygen atoms in total. The van der Waals surface area contributed by atoms with E-state index in [1.165, 1.54) is 6.42 Å². The molecule has 3 atom stereocenters. The summed E-state index contributed by atoms with van der Waals surface area (Å²) in [5.74, 6) is 0.659. The summed E-state index contributed by atoms with van der Waals surface area (Å²) in [6.45, 7) is 10.8. The summed E-state index contributed by atoms with van der Waals surface area (Å²) >= 11 is 0. The predicted molar refractivity (Wildman–Crippen MR) is 75.0 cm³/mol. The first kappa shape index (κ1) is 15.5. The number of hydrogen-bond acceptors (Lipinski definition) is 2. The van der Waals surface area contributed by atoms with Crippen molar-refractivity contribution in [3.8, 4) is 6.07 Å². The number of nitriles is 1. The molecular formula is C16H29NO. The Labute approximate surface area is 112 Å². The molecule has 0 aromatic rings. The lowest BCUT2D eigenvalue weighted by atomic mass is 9.68. The molecule has 1 aliphatic rings. The van der Waals surface area contributed by atoms with Gasteiger partial charge in [0.25, 0.3) is 0 Å². The van der Waals surface area contributed by atoms with Gasteiger partial charge in [0.2, 0.25) is 0 Å². The summed E-state index contributed by atoms with van der Waals surface area (Å²) in [4.78, 5) is 0. The largest absolute Gasteiger partial charge is 0.388 e. The second kappa shape index (κ2) is 5.21. The van der Waals surface area contributed by atoms with E-state index >= 15 is 0 Å². The fraction of sp³-hybridized carbons (Fsp3) is 0.938. The van der Waals surface area contributed by atoms with Crippen LogP contribution in [-0.4, -0.2) is 10.7 Å². The highest BCUT2D eigenvalue weighted by Crippen LogP contribution is 2.47. The topological polar surface area (TPSA) is 44.0 Å². The molecule has 3 unspecified atom stereocenters. The van der Waals surface area contributed by atoms with Gasteiger partial charge in [-0.25, -0.2) is 0 Å². The van der Waals surface area contributed by atoms with Crippen LogP contribution >= 0.6 is 0 Å². The molecule has 0 aromatic carbocycles. The van der Waals surface area contributed by atoms with E-state index in [2.05, 4.69) is 26.8 Å². The van der Waals surface area contributed by atoms with Crippen molar-refractivity contribution in [2.45, 2.75) is 78.7 Å². The smallest absolute Gasteiger partial charge is 0.0830 e. The van der Waals surface area contributed by atoms with Gasteiger partial charge in [-0.1, -0.05) is 34.1 Å². The highest BCUT2D eigenvalue weighted by atomic mass is 16.3. The molecule has 0 aromatic heterocycles. The molecule has 1 aliphatic carbocycles. The molecule has 0 aliphatic heterocycles. The quantitative estimate of drug-likeness (QED) is 0.744. The van der Waals surface area contributed by atoms with Crippen LogP contribution in [0.1, 0.15) is 73.1 Å². The molecule has 1 rings (SSSR count). The minimum atomic E-state index is -0.795. The maximum absolute atomic E-state index is 10.9. The Morgan fingerprint density at radius 1 is 1.22 bits per heavy atom. The fourth-order valence-corrected chi connectivity index (χ4v) is 3.25. The first-order chi connectivity index (χ1) is 8.18. The van der Waals surface area contributed by atoms with Crippen LogP contribution in [0.4, 0.5) is 0 Å². The molecule has 0 bridgehead atoms. The van der Waals surface area contributed by atoms with Crippen molar-refractivity contribution in [3.05, 3.63) is 0 Å². The van der Waals surface area contributed by atoms with Gasteiger partial charge < -0.3 is 5.11 Å². The van der Waals surface area contributed by atoms with Crippen LogP contribution in [-0.2, 0) is 0 Å². The molecule has 0 heterocycles. The van der Waals surface area contributed by atoms with E-state index in [9.17, 15) is 10.4 Å². The summed E-state index contributed by atoms with van der Waals surface area (Å²) < 4.78 is 0. The molecule has 0 spiro atoms. The minimum absolute atomic E-state index is 0.306. The third-order valence-corrected chi connectivity index (χ3v) is 5.26. The standard InChI is InChI=1S/C16H29NO/c1-6-15(5,12-17)16(18)10-7-8-13(9-11-16)14(2,3)4/h13,18H,6-11H2,1-5H3. The van der Waals surface area contributed by atoms with Crippen LogP contribution in [0.5, 0.6) is 0 Å². The van der Waals surface area contributed by atoms with E-state index in [0.717, 1.165) is 32.1 Å². The van der Waals surface area contributed by atoms with Crippen LogP contribution in [0.2, 0.25) is 0 Å². The van der Waals surface area contributed by atoms with Crippen LogP contribution in [0.3, 0.4) is 0 Å². The molecule has 104 valence electrons. The Hall–Kier alpha value is -0.550. The van der Waals surface area contributed by atoms with E-state index in [0.29, 0.717) is 11.3 Å². The zero-order valence-electron chi connectivity index (χ0n) is 12.7. The maximum atomic E-state index is 10.9. The molecule has 0 saturated heterocycles. The lowest BCUT2D eigenvalue weighted by molar-refractivity contribution is -0.0625. The van der Waals surface area contributed by atoms with E-state index < -0.39 is 11.0 Å². The van der Waals surface area contributed by atoms with E-state index in [1.807, 2.05) is 13.8 Å². The average molecular weight is 251 g/mol. The van der Waals surface area contributed by atoms with Gasteiger partial charge in [0.15, 0.2) is 0 Å². The van der Waals surface area contributed by atoms with Crippen LogP contribution < -0.4 is 0 Å². The third kappa shape index (κ3) is 2.88. The van der Waals surface area contributed by atoms with E-state index in [1.54, 1.807) is 0 Å². The van der Waals surface area contributed by atoms with Crippen molar-refractivity contribution in [1.82, 2.24) is 0 Å². The van der Waals surface area contributed by atoms with Crippen LogP contribution in [0.15, 0.2) is 0 Å². The van der Waals surface area contributed by atoms with Crippen molar-refractivity contribution >= 4 is 0 Å². The van der Waals surface area contributed by atoms with Gasteiger partial charge in [0, 0.05) is 0 Å². The molecule has 18 heavy (non-hydrogen) atoms. The summed E-state index contributed by atoms with van der Waals surface area (Å²) in [5, 5.41) is 20.3. The van der Waals surface area contributed by atoms with Crippen molar-refractivity contribution < 1.29 is 5.11 Å². The molecule has 0 radical (unpaired) electrons. The van der Waals surface area contributed by atoms with Gasteiger partial charge in [0.05, 0.1) is 17.1 Å². The second-order valence-electron chi connectivity index (χ2n) is 7.32. The summed E-state index contributed by atoms with van der Waals surface area (Å²) in [5.41, 5.74) is -1.09. The molecular weight excluding hydrogens is 222 g/mol. The van der Waals surface area contributed by atoms with Crippen molar-refractivity contribution in [2.24, 2.45) is 16.7 Å². The summed E-state index contributed by atoms with van der Waals surface area (Å²) in [7, 11) is 0. The van der Waals surface area contributed by atoms with Crippen molar-refractivity contribution in [1.29, 1.82) is 5.26 Å². The molecule has 0 amide bonds. The average Bonchev–Trinajstić information content (AvgIpc) is 2.50. The predicted octanol–water partition coefficient (Wildman–Crippen LogP) is 4.28. The van der Waals surface area contributed by atoms with Crippen LogP contribution in [0, 0.1) is 28.1 Å². The normalized spacial score (nSPS) is 33.3. The van der Waals surface area contributed by atoms with Crippen LogP contribution in [0.25, 0.3) is 0 Å². The molecule has 1 N–H and O–H groups in total. The molecule has 1 fully saturated rings. The van der Waals surface area contributed by atoms with Gasteiger partial charge in [0.1, 0.15) is 0 Å². The Bertz CT molecular complexity index is 325. The van der Waals surface area contributed by atoms with E-state index in [-0.39, 0.29) is 0 Å². The molecule has 1 saturated carbocycles. The second-order valence-corrected chi connectivity index (χ2v) is 7.32. The zero-order chi connectivity index (χ0) is 14.0. The van der Waals surface area contributed by atoms with Crippen molar-refractivity contribution in [3.63, 3.8) is 0 Å². The monoisotopic (exact) mass is 251 g/mol. The SMILES string of the molecule is CCC(C)(C#N)C1(O)CCCC(C(C)(C)C)CC1. The van der Waals surface area contributed by atoms with Gasteiger partial charge in [-0.05, 0) is 50.4 Å². The number of nitrogens with zero attached hydrogens (tertiary/aromatic N) is 1. The highest BCUT2D eigenvalue weighted by Gasteiger charge is 2.47. The zero-order valence-corrected chi connectivity index (χ0v) is 12.7. The third-order valence-electron chi connectivity index (χ3n) is 5.26. The fourth-order valence-electron chi connectivity index (χ4n) is 3.25. The number of rotatable bonds is 2. The number of aliphatic hydroxyl groups is 1. The lowest BCUT2D eigenvalue weighted by Crippen LogP contribution is -2.45. The van der Waals surface area contributed by atoms with Gasteiger partial charge >= 0.3 is 0 Å². The number of hydrogen-bond donors (Lipinski definition) is 1. The Balaban J connectivity index is 2.87. The van der Waals surface area contributed by atoms with Gasteiger partial charge in [-0.15, -0.1) is 0 Å². The maximum Gasteiger partial charge on any atom is 0.0830 e. The van der Waals surface area contributed by atoms with Gasteiger partial charge in [-0.2, -0.15) is 5.26 Å². The summed E-state index contributed by atoms with van der Waals surface area (Å²) in [6, 6.07) is 2.37. The van der Waals surface area contributed by atoms with Gasteiger partial charge in [-0.3, -0.25) is 0 Å². The first-order valence-corrected chi connectivity index (χ1v) is 7.32. The lowest BCUT2D eigenvalue weighted by Gasteiger charge is -2.40. The highest BCUT2D eigenvalue weighted by molar-refractivity contribution is 5.09. The molecule has 2 heteroatoms. The first-order valence-electron chi connectivity index (χ1n) is 7.32.